The van der Waals surface area contributed by atoms with Gasteiger partial charge in [-0.2, -0.15) is 0 Å². The predicted molar refractivity (Wildman–Crippen MR) is 63.1 cm³/mol. The lowest BCUT2D eigenvalue weighted by atomic mass is 10.0. The van der Waals surface area contributed by atoms with E-state index < -0.39 is 0 Å². The summed E-state index contributed by atoms with van der Waals surface area (Å²) in [5.41, 5.74) is 1.97. The van der Waals surface area contributed by atoms with Crippen molar-refractivity contribution in [1.82, 2.24) is 19.9 Å². The van der Waals surface area contributed by atoms with E-state index in [1.807, 2.05) is 6.07 Å². The molecule has 2 aromatic rings. The van der Waals surface area contributed by atoms with Crippen LogP contribution in [0.1, 0.15) is 31.1 Å². The first-order valence-electron chi connectivity index (χ1n) is 5.87. The molecule has 0 bridgehead atoms. The van der Waals surface area contributed by atoms with Crippen molar-refractivity contribution in [2.45, 2.75) is 25.3 Å². The molecule has 0 amide bonds. The van der Waals surface area contributed by atoms with Crippen LogP contribution in [-0.4, -0.2) is 21.1 Å². The number of hydrogen-bond donors (Lipinski definition) is 1. The molecular weight excluding hydrogens is 200 g/mol. The first-order chi connectivity index (χ1) is 7.86. The van der Waals surface area contributed by atoms with Crippen LogP contribution < -0.4 is 5.32 Å². The highest BCUT2D eigenvalue weighted by Gasteiger charge is 2.20. The Balaban J connectivity index is 2.05. The van der Waals surface area contributed by atoms with Gasteiger partial charge in [0.1, 0.15) is 5.82 Å². The second-order valence-corrected chi connectivity index (χ2v) is 4.38. The lowest BCUT2D eigenvalue weighted by Gasteiger charge is -2.22. The van der Waals surface area contributed by atoms with Crippen LogP contribution in [0, 0.1) is 0 Å². The third kappa shape index (κ3) is 1.50. The fraction of sp³-hybridized carbons (Fsp3) is 0.500. The topological polar surface area (TPSA) is 42.7 Å². The third-order valence-electron chi connectivity index (χ3n) is 3.31. The van der Waals surface area contributed by atoms with E-state index in [1.165, 1.54) is 19.3 Å². The summed E-state index contributed by atoms with van der Waals surface area (Å²) in [6, 6.07) is 4.43. The minimum atomic E-state index is 0.396. The van der Waals surface area contributed by atoms with Crippen LogP contribution in [0.2, 0.25) is 0 Å². The number of imidazole rings is 1. The molecule has 0 aliphatic carbocycles. The van der Waals surface area contributed by atoms with Crippen LogP contribution >= 0.6 is 0 Å². The van der Waals surface area contributed by atoms with Gasteiger partial charge in [-0.1, -0.05) is 6.42 Å². The Kier molecular flexibility index (Phi) is 2.36. The van der Waals surface area contributed by atoms with Gasteiger partial charge in [-0.05, 0) is 31.5 Å². The highest BCUT2D eigenvalue weighted by molar-refractivity contribution is 5.71. The molecule has 0 aromatic carbocycles. The van der Waals surface area contributed by atoms with E-state index in [4.69, 9.17) is 0 Å². The number of rotatable bonds is 1. The number of nitrogens with one attached hydrogen (secondary N) is 1. The van der Waals surface area contributed by atoms with Crippen molar-refractivity contribution < 1.29 is 0 Å². The molecule has 16 heavy (non-hydrogen) atoms. The van der Waals surface area contributed by atoms with Crippen molar-refractivity contribution in [3.05, 3.63) is 24.2 Å². The summed E-state index contributed by atoms with van der Waals surface area (Å²) in [6.45, 7) is 1.10. The second kappa shape index (κ2) is 3.87. The summed E-state index contributed by atoms with van der Waals surface area (Å²) in [5, 5.41) is 3.53. The molecule has 1 atom stereocenters. The van der Waals surface area contributed by atoms with Gasteiger partial charge >= 0.3 is 0 Å². The van der Waals surface area contributed by atoms with Crippen LogP contribution in [0.25, 0.3) is 11.2 Å². The molecule has 2 aromatic heterocycles. The maximum absolute atomic E-state index is 4.63. The monoisotopic (exact) mass is 216 g/mol. The van der Waals surface area contributed by atoms with E-state index in [0.717, 1.165) is 23.5 Å². The zero-order chi connectivity index (χ0) is 11.0. The smallest absolute Gasteiger partial charge is 0.177 e. The molecule has 4 heteroatoms. The zero-order valence-corrected chi connectivity index (χ0v) is 9.48. The van der Waals surface area contributed by atoms with Gasteiger partial charge in [0, 0.05) is 13.2 Å². The molecule has 3 rings (SSSR count). The Bertz CT molecular complexity index is 497. The quantitative estimate of drug-likeness (QED) is 0.790. The number of hydrogen-bond acceptors (Lipinski definition) is 3. The first kappa shape index (κ1) is 9.78. The molecule has 1 fully saturated rings. The summed E-state index contributed by atoms with van der Waals surface area (Å²) < 4.78 is 2.16. The van der Waals surface area contributed by atoms with Crippen LogP contribution in [0.3, 0.4) is 0 Å². The Morgan fingerprint density at radius 3 is 3.12 bits per heavy atom. The number of pyridine rings is 1. The van der Waals surface area contributed by atoms with E-state index in [-0.39, 0.29) is 0 Å². The predicted octanol–water partition coefficient (Wildman–Crippen LogP) is 1.78. The Labute approximate surface area is 94.7 Å². The van der Waals surface area contributed by atoms with Crippen molar-refractivity contribution in [3.63, 3.8) is 0 Å². The van der Waals surface area contributed by atoms with Gasteiger partial charge < -0.3 is 9.88 Å². The van der Waals surface area contributed by atoms with Crippen molar-refractivity contribution in [3.8, 4) is 0 Å². The SMILES string of the molecule is Cn1c(C2CCCCN2)nc2ncccc21. The van der Waals surface area contributed by atoms with Crippen molar-refractivity contribution in [2.24, 2.45) is 7.05 Å². The Morgan fingerprint density at radius 2 is 2.38 bits per heavy atom. The number of aryl methyl sites for hydroxylation is 1. The number of aromatic nitrogens is 3. The van der Waals surface area contributed by atoms with Crippen molar-refractivity contribution in [2.75, 3.05) is 6.54 Å². The number of nitrogens with zero attached hydrogens (tertiary/aromatic N) is 3. The maximum Gasteiger partial charge on any atom is 0.177 e. The minimum absolute atomic E-state index is 0.396. The van der Waals surface area contributed by atoms with Gasteiger partial charge in [0.2, 0.25) is 0 Å². The summed E-state index contributed by atoms with van der Waals surface area (Å²) in [6.07, 6.45) is 5.54. The van der Waals surface area contributed by atoms with Gasteiger partial charge in [0.05, 0.1) is 11.6 Å². The summed E-state index contributed by atoms with van der Waals surface area (Å²) in [4.78, 5) is 8.92. The van der Waals surface area contributed by atoms with Gasteiger partial charge in [-0.25, -0.2) is 9.97 Å². The molecule has 1 unspecified atom stereocenters. The van der Waals surface area contributed by atoms with E-state index >= 15 is 0 Å². The molecule has 4 nitrogen and oxygen atoms in total. The fourth-order valence-electron chi connectivity index (χ4n) is 2.43. The summed E-state index contributed by atoms with van der Waals surface area (Å²) in [5.74, 6) is 1.12. The molecule has 1 aliphatic heterocycles. The summed E-state index contributed by atoms with van der Waals surface area (Å²) >= 11 is 0. The normalized spacial score (nSPS) is 21.4. The highest BCUT2D eigenvalue weighted by atomic mass is 15.1. The molecule has 84 valence electrons. The number of fused-ring (bicyclic) bond motifs is 1. The molecule has 1 saturated heterocycles. The molecule has 0 saturated carbocycles. The van der Waals surface area contributed by atoms with Crippen molar-refractivity contribution >= 4 is 11.2 Å². The van der Waals surface area contributed by atoms with E-state index in [0.29, 0.717) is 6.04 Å². The fourth-order valence-corrected chi connectivity index (χ4v) is 2.43. The van der Waals surface area contributed by atoms with Crippen LogP contribution in [0.5, 0.6) is 0 Å². The van der Waals surface area contributed by atoms with E-state index in [9.17, 15) is 0 Å². The Morgan fingerprint density at radius 1 is 1.44 bits per heavy atom. The molecule has 1 N–H and O–H groups in total. The van der Waals surface area contributed by atoms with Gasteiger partial charge in [0.25, 0.3) is 0 Å². The van der Waals surface area contributed by atoms with Crippen LogP contribution in [0.4, 0.5) is 0 Å². The lowest BCUT2D eigenvalue weighted by molar-refractivity contribution is 0.391. The molecule has 0 spiro atoms. The van der Waals surface area contributed by atoms with Crippen LogP contribution in [0.15, 0.2) is 18.3 Å². The van der Waals surface area contributed by atoms with Gasteiger partial charge in [-0.3, -0.25) is 0 Å². The standard InChI is InChI=1S/C12H16N4/c1-16-10-6-4-8-14-11(10)15-12(16)9-5-2-3-7-13-9/h4,6,8-9,13H,2-3,5,7H2,1H3. The maximum atomic E-state index is 4.63. The molecule has 0 radical (unpaired) electrons. The average Bonchev–Trinajstić information content (AvgIpc) is 2.69. The highest BCUT2D eigenvalue weighted by Crippen LogP contribution is 2.24. The zero-order valence-electron chi connectivity index (χ0n) is 9.48. The first-order valence-corrected chi connectivity index (χ1v) is 5.87. The minimum Gasteiger partial charge on any atom is -0.328 e. The molecule has 3 heterocycles. The second-order valence-electron chi connectivity index (χ2n) is 4.38. The van der Waals surface area contributed by atoms with E-state index in [2.05, 4.69) is 33.0 Å². The van der Waals surface area contributed by atoms with Crippen molar-refractivity contribution in [1.29, 1.82) is 0 Å². The largest absolute Gasteiger partial charge is 0.328 e. The third-order valence-corrected chi connectivity index (χ3v) is 3.31. The lowest BCUT2D eigenvalue weighted by Crippen LogP contribution is -2.28. The Hall–Kier alpha value is -1.42. The average molecular weight is 216 g/mol. The number of piperidine rings is 1. The van der Waals surface area contributed by atoms with Crippen LogP contribution in [-0.2, 0) is 7.05 Å². The van der Waals surface area contributed by atoms with Gasteiger partial charge in [0.15, 0.2) is 5.65 Å². The molecular formula is C12H16N4. The van der Waals surface area contributed by atoms with E-state index in [1.54, 1.807) is 6.20 Å². The summed E-state index contributed by atoms with van der Waals surface area (Å²) in [7, 11) is 2.07. The van der Waals surface area contributed by atoms with Gasteiger partial charge in [-0.15, -0.1) is 0 Å². The molecule has 1 aliphatic rings.